The van der Waals surface area contributed by atoms with Crippen LogP contribution in [0.3, 0.4) is 0 Å². The maximum absolute atomic E-state index is 12.8. The van der Waals surface area contributed by atoms with Crippen LogP contribution < -0.4 is 5.32 Å². The lowest BCUT2D eigenvalue weighted by Crippen LogP contribution is -2.59. The average Bonchev–Trinajstić information content (AvgIpc) is 2.35. The van der Waals surface area contributed by atoms with Gasteiger partial charge in [0.25, 0.3) is 0 Å². The van der Waals surface area contributed by atoms with Crippen molar-refractivity contribution >= 4 is 11.8 Å². The summed E-state index contributed by atoms with van der Waals surface area (Å²) in [6.45, 7) is 2.40. The zero-order valence-electron chi connectivity index (χ0n) is 10.6. The quantitative estimate of drug-likeness (QED) is 0.623. The van der Waals surface area contributed by atoms with Crippen molar-refractivity contribution in [2.24, 2.45) is 0 Å². The molecule has 10 heteroatoms. The molecule has 0 aromatic rings. The van der Waals surface area contributed by atoms with E-state index in [4.69, 9.17) is 0 Å². The van der Waals surface area contributed by atoms with E-state index in [2.05, 4.69) is 6.58 Å². The van der Waals surface area contributed by atoms with Gasteiger partial charge in [-0.15, -0.1) is 0 Å². The number of hydrogen-bond donors (Lipinski definition) is 1. The third-order valence-corrected chi connectivity index (χ3v) is 3.01. The molecule has 1 rings (SSSR count). The van der Waals surface area contributed by atoms with Crippen LogP contribution >= 0.6 is 0 Å². The number of amides is 2. The van der Waals surface area contributed by atoms with E-state index in [9.17, 15) is 35.9 Å². The predicted octanol–water partition coefficient (Wildman–Crippen LogP) is 1.77. The molecule has 0 aromatic carbocycles. The highest BCUT2D eigenvalue weighted by Crippen LogP contribution is 2.32. The Morgan fingerprint density at radius 3 is 2.14 bits per heavy atom. The van der Waals surface area contributed by atoms with E-state index in [1.54, 1.807) is 5.32 Å². The standard InChI is InChI=1S/C11H12F6N2O2/c1-2-8(20)19-5-6(18-9(21)11(15,16)17)3-4-7(19)10(12,13)14/h2,6-7H,1,3-5H2,(H,18,21)/t6-,7-/m1/s1. The Morgan fingerprint density at radius 1 is 1.14 bits per heavy atom. The molecule has 0 aromatic heterocycles. The van der Waals surface area contributed by atoms with Crippen LogP contribution in [0.2, 0.25) is 0 Å². The third kappa shape index (κ3) is 4.36. The van der Waals surface area contributed by atoms with Crippen molar-refractivity contribution in [3.8, 4) is 0 Å². The zero-order chi connectivity index (χ0) is 16.4. The molecule has 120 valence electrons. The summed E-state index contributed by atoms with van der Waals surface area (Å²) in [7, 11) is 0. The fraction of sp³-hybridized carbons (Fsp3) is 0.636. The van der Waals surface area contributed by atoms with Crippen molar-refractivity contribution in [2.45, 2.75) is 37.3 Å². The molecule has 0 radical (unpaired) electrons. The molecule has 1 heterocycles. The summed E-state index contributed by atoms with van der Waals surface area (Å²) >= 11 is 0. The van der Waals surface area contributed by atoms with Crippen LogP contribution in [-0.4, -0.2) is 47.7 Å². The van der Waals surface area contributed by atoms with Crippen LogP contribution in [-0.2, 0) is 9.59 Å². The SMILES string of the molecule is C=CC(=O)N1C[C@H](NC(=O)C(F)(F)F)CC[C@@H]1C(F)(F)F. The number of carbonyl (C=O) groups excluding carboxylic acids is 2. The summed E-state index contributed by atoms with van der Waals surface area (Å²) in [6, 6.07) is -3.29. The van der Waals surface area contributed by atoms with Crippen molar-refractivity contribution in [1.82, 2.24) is 10.2 Å². The number of likely N-dealkylation sites (tertiary alicyclic amines) is 1. The smallest absolute Gasteiger partial charge is 0.344 e. The average molecular weight is 318 g/mol. The second-order valence-electron chi connectivity index (χ2n) is 4.50. The van der Waals surface area contributed by atoms with Crippen LogP contribution in [0.25, 0.3) is 0 Å². The van der Waals surface area contributed by atoms with Gasteiger partial charge in [0.05, 0.1) is 0 Å². The number of alkyl halides is 6. The fourth-order valence-electron chi connectivity index (χ4n) is 2.06. The maximum atomic E-state index is 12.8. The molecule has 2 amide bonds. The molecule has 21 heavy (non-hydrogen) atoms. The molecule has 2 atom stereocenters. The van der Waals surface area contributed by atoms with E-state index in [0.29, 0.717) is 11.0 Å². The molecule has 4 nitrogen and oxygen atoms in total. The van der Waals surface area contributed by atoms with Crippen molar-refractivity contribution in [1.29, 1.82) is 0 Å². The molecule has 0 saturated carbocycles. The van der Waals surface area contributed by atoms with Gasteiger partial charge in [0.15, 0.2) is 0 Å². The van der Waals surface area contributed by atoms with Gasteiger partial charge in [0, 0.05) is 12.6 Å². The summed E-state index contributed by atoms with van der Waals surface area (Å²) in [5.74, 6) is -3.30. The van der Waals surface area contributed by atoms with Gasteiger partial charge in [-0.1, -0.05) is 6.58 Å². The Hall–Kier alpha value is -1.74. The van der Waals surface area contributed by atoms with Crippen molar-refractivity contribution in [3.05, 3.63) is 12.7 Å². The molecule has 0 spiro atoms. The van der Waals surface area contributed by atoms with Gasteiger partial charge in [-0.25, -0.2) is 0 Å². The van der Waals surface area contributed by atoms with Crippen molar-refractivity contribution in [3.63, 3.8) is 0 Å². The number of hydrogen-bond acceptors (Lipinski definition) is 2. The summed E-state index contributed by atoms with van der Waals surface area (Å²) in [6.07, 6.45) is -10.1. The Bertz CT molecular complexity index is 431. The first-order valence-electron chi connectivity index (χ1n) is 5.84. The summed E-state index contributed by atoms with van der Waals surface area (Å²) < 4.78 is 74.6. The number of nitrogens with zero attached hydrogens (tertiary/aromatic N) is 1. The number of rotatable bonds is 2. The molecule has 1 saturated heterocycles. The molecule has 1 N–H and O–H groups in total. The minimum absolute atomic E-state index is 0.313. The molecular formula is C11H12F6N2O2. The lowest BCUT2D eigenvalue weighted by Gasteiger charge is -2.40. The highest BCUT2D eigenvalue weighted by atomic mass is 19.4. The second-order valence-corrected chi connectivity index (χ2v) is 4.50. The number of halogens is 6. The van der Waals surface area contributed by atoms with Crippen LogP contribution in [0, 0.1) is 0 Å². The largest absolute Gasteiger partial charge is 0.471 e. The highest BCUT2D eigenvalue weighted by molar-refractivity contribution is 5.87. The van der Waals surface area contributed by atoms with Gasteiger partial charge in [0.1, 0.15) is 6.04 Å². The number of piperidine rings is 1. The van der Waals surface area contributed by atoms with Crippen molar-refractivity contribution < 1.29 is 35.9 Å². The Kier molecular flexibility index (Phi) is 4.90. The van der Waals surface area contributed by atoms with Gasteiger partial charge in [-0.2, -0.15) is 26.3 Å². The van der Waals surface area contributed by atoms with Gasteiger partial charge >= 0.3 is 18.3 Å². The summed E-state index contributed by atoms with van der Waals surface area (Å²) in [4.78, 5) is 22.6. The van der Waals surface area contributed by atoms with Gasteiger partial charge < -0.3 is 10.2 Å². The summed E-state index contributed by atoms with van der Waals surface area (Å²) in [5, 5.41) is 1.58. The monoisotopic (exact) mass is 318 g/mol. The van der Waals surface area contributed by atoms with E-state index in [1.807, 2.05) is 0 Å². The fourth-order valence-corrected chi connectivity index (χ4v) is 2.06. The van der Waals surface area contributed by atoms with Gasteiger partial charge in [0.2, 0.25) is 5.91 Å². The second kappa shape index (κ2) is 5.94. The normalized spacial score (nSPS) is 23.6. The topological polar surface area (TPSA) is 49.4 Å². The lowest BCUT2D eigenvalue weighted by atomic mass is 9.97. The van der Waals surface area contributed by atoms with Gasteiger partial charge in [-0.05, 0) is 18.9 Å². The van der Waals surface area contributed by atoms with Crippen LogP contribution in [0.4, 0.5) is 26.3 Å². The molecule has 0 bridgehead atoms. The first-order chi connectivity index (χ1) is 9.46. The lowest BCUT2D eigenvalue weighted by molar-refractivity contribution is -0.196. The molecular weight excluding hydrogens is 306 g/mol. The van der Waals surface area contributed by atoms with Crippen LogP contribution in [0.15, 0.2) is 12.7 Å². The Balaban J connectivity index is 2.82. The van der Waals surface area contributed by atoms with Crippen LogP contribution in [0.1, 0.15) is 12.8 Å². The van der Waals surface area contributed by atoms with E-state index < -0.39 is 49.2 Å². The van der Waals surface area contributed by atoms with Crippen LogP contribution in [0.5, 0.6) is 0 Å². The van der Waals surface area contributed by atoms with E-state index in [-0.39, 0.29) is 6.42 Å². The van der Waals surface area contributed by atoms with E-state index in [0.717, 1.165) is 0 Å². The maximum Gasteiger partial charge on any atom is 0.471 e. The third-order valence-electron chi connectivity index (χ3n) is 3.01. The van der Waals surface area contributed by atoms with E-state index in [1.165, 1.54) is 0 Å². The molecule has 0 unspecified atom stereocenters. The molecule has 0 aliphatic carbocycles. The number of carbonyl (C=O) groups is 2. The summed E-state index contributed by atoms with van der Waals surface area (Å²) in [5.41, 5.74) is 0. The van der Waals surface area contributed by atoms with Gasteiger partial charge in [-0.3, -0.25) is 9.59 Å². The minimum atomic E-state index is -5.13. The zero-order valence-corrected chi connectivity index (χ0v) is 10.6. The Labute approximate surface area is 115 Å². The first-order valence-corrected chi connectivity index (χ1v) is 5.84. The predicted molar refractivity (Wildman–Crippen MR) is 59.0 cm³/mol. The van der Waals surface area contributed by atoms with Crippen molar-refractivity contribution in [2.75, 3.05) is 6.54 Å². The molecule has 1 fully saturated rings. The molecule has 1 aliphatic rings. The first kappa shape index (κ1) is 17.3. The minimum Gasteiger partial charge on any atom is -0.344 e. The molecule has 1 aliphatic heterocycles. The Morgan fingerprint density at radius 2 is 1.71 bits per heavy atom. The highest BCUT2D eigenvalue weighted by Gasteiger charge is 2.48. The van der Waals surface area contributed by atoms with E-state index >= 15 is 0 Å². The number of nitrogens with one attached hydrogen (secondary N) is 1.